The van der Waals surface area contributed by atoms with Gasteiger partial charge in [0, 0.05) is 23.5 Å². The molecular weight excluding hydrogens is 406 g/mol. The van der Waals surface area contributed by atoms with Gasteiger partial charge in [0.2, 0.25) is 5.91 Å². The van der Waals surface area contributed by atoms with E-state index >= 15 is 0 Å². The first-order valence-electron chi connectivity index (χ1n) is 9.29. The molecule has 1 aromatic carbocycles. The fourth-order valence-electron chi connectivity index (χ4n) is 2.79. The SMILES string of the molecule is COc1ccc(NCC(=O)NNC(=O)CCn2cnc3sc(C)c(C)c3c2=O)cc1. The topological polar surface area (TPSA) is 114 Å². The predicted molar refractivity (Wildman–Crippen MR) is 116 cm³/mol. The van der Waals surface area contributed by atoms with Crippen LogP contribution in [0, 0.1) is 13.8 Å². The van der Waals surface area contributed by atoms with Gasteiger partial charge < -0.3 is 10.1 Å². The molecule has 0 saturated carbocycles. The molecule has 10 heteroatoms. The van der Waals surface area contributed by atoms with E-state index in [1.165, 1.54) is 22.2 Å². The number of amides is 2. The van der Waals surface area contributed by atoms with E-state index in [1.807, 2.05) is 13.8 Å². The Morgan fingerprint density at radius 2 is 1.83 bits per heavy atom. The van der Waals surface area contributed by atoms with Crippen molar-refractivity contribution in [3.63, 3.8) is 0 Å². The maximum absolute atomic E-state index is 12.6. The lowest BCUT2D eigenvalue weighted by molar-refractivity contribution is -0.128. The van der Waals surface area contributed by atoms with Crippen LogP contribution in [0.2, 0.25) is 0 Å². The van der Waals surface area contributed by atoms with Gasteiger partial charge in [-0.15, -0.1) is 11.3 Å². The number of aromatic nitrogens is 2. The average Bonchev–Trinajstić information content (AvgIpc) is 3.04. The molecule has 0 radical (unpaired) electrons. The van der Waals surface area contributed by atoms with E-state index in [4.69, 9.17) is 4.74 Å². The van der Waals surface area contributed by atoms with Crippen LogP contribution in [0.1, 0.15) is 16.9 Å². The second kappa shape index (κ2) is 9.40. The minimum Gasteiger partial charge on any atom is -0.497 e. The number of carbonyl (C=O) groups excluding carboxylic acids is 2. The Labute approximate surface area is 177 Å². The first kappa shape index (κ1) is 21.3. The van der Waals surface area contributed by atoms with E-state index in [1.54, 1.807) is 31.4 Å². The maximum atomic E-state index is 12.6. The van der Waals surface area contributed by atoms with Crippen LogP contribution in [0.3, 0.4) is 0 Å². The van der Waals surface area contributed by atoms with Crippen LogP contribution in [0.25, 0.3) is 10.2 Å². The van der Waals surface area contributed by atoms with Crippen molar-refractivity contribution >= 4 is 39.1 Å². The molecule has 2 heterocycles. The highest BCUT2D eigenvalue weighted by Gasteiger charge is 2.13. The standard InChI is InChI=1S/C20H23N5O4S/c1-12-13(2)30-19-18(12)20(28)25(11-22-19)9-8-16(26)23-24-17(27)10-21-14-4-6-15(29-3)7-5-14/h4-7,11,21H,8-10H2,1-3H3,(H,23,26)(H,24,27). The zero-order chi connectivity index (χ0) is 21.7. The molecule has 3 N–H and O–H groups in total. The molecule has 3 aromatic rings. The van der Waals surface area contributed by atoms with Crippen LogP contribution in [0.4, 0.5) is 5.69 Å². The number of aryl methyl sites for hydroxylation is 3. The van der Waals surface area contributed by atoms with Crippen LogP contribution >= 0.6 is 11.3 Å². The second-order valence-corrected chi connectivity index (χ2v) is 7.84. The minimum atomic E-state index is -0.405. The van der Waals surface area contributed by atoms with Crippen molar-refractivity contribution in [3.05, 3.63) is 51.4 Å². The molecule has 3 rings (SSSR count). The van der Waals surface area contributed by atoms with E-state index < -0.39 is 11.8 Å². The molecule has 2 amide bonds. The molecular formula is C20H23N5O4S. The number of hydrogen-bond donors (Lipinski definition) is 3. The van der Waals surface area contributed by atoms with E-state index in [-0.39, 0.29) is 25.1 Å². The molecule has 0 fully saturated rings. The third-order valence-corrected chi connectivity index (χ3v) is 5.74. The van der Waals surface area contributed by atoms with Gasteiger partial charge in [0.05, 0.1) is 25.4 Å². The summed E-state index contributed by atoms with van der Waals surface area (Å²) in [5, 5.41) is 3.53. The van der Waals surface area contributed by atoms with E-state index in [2.05, 4.69) is 21.2 Å². The number of benzene rings is 1. The lowest BCUT2D eigenvalue weighted by atomic mass is 10.2. The zero-order valence-corrected chi connectivity index (χ0v) is 17.8. The Hall–Kier alpha value is -3.40. The molecule has 0 aliphatic carbocycles. The van der Waals surface area contributed by atoms with Crippen molar-refractivity contribution in [3.8, 4) is 5.75 Å². The molecule has 0 unspecified atom stereocenters. The molecule has 0 bridgehead atoms. The van der Waals surface area contributed by atoms with Crippen molar-refractivity contribution < 1.29 is 14.3 Å². The van der Waals surface area contributed by atoms with Crippen LogP contribution in [-0.4, -0.2) is 35.0 Å². The number of ether oxygens (including phenoxy) is 1. The summed E-state index contributed by atoms with van der Waals surface area (Å²) in [4.78, 5) is 42.6. The fourth-order valence-corrected chi connectivity index (χ4v) is 3.78. The zero-order valence-electron chi connectivity index (χ0n) is 16.9. The van der Waals surface area contributed by atoms with Gasteiger partial charge >= 0.3 is 0 Å². The summed E-state index contributed by atoms with van der Waals surface area (Å²) in [7, 11) is 1.58. The Kier molecular flexibility index (Phi) is 6.68. The highest BCUT2D eigenvalue weighted by atomic mass is 32.1. The summed E-state index contributed by atoms with van der Waals surface area (Å²) < 4.78 is 6.48. The summed E-state index contributed by atoms with van der Waals surface area (Å²) in [6, 6.07) is 7.11. The fraction of sp³-hybridized carbons (Fsp3) is 0.300. The summed E-state index contributed by atoms with van der Waals surface area (Å²) in [5.74, 6) is -0.0863. The Morgan fingerprint density at radius 1 is 1.13 bits per heavy atom. The molecule has 0 aliphatic heterocycles. The van der Waals surface area contributed by atoms with Gasteiger partial charge in [-0.25, -0.2) is 4.98 Å². The Morgan fingerprint density at radius 3 is 2.53 bits per heavy atom. The Bertz CT molecular complexity index is 1120. The van der Waals surface area contributed by atoms with Crippen molar-refractivity contribution in [2.24, 2.45) is 0 Å². The molecule has 0 atom stereocenters. The number of hydrazine groups is 1. The number of hydrogen-bond acceptors (Lipinski definition) is 7. The van der Waals surface area contributed by atoms with Crippen molar-refractivity contribution in [2.45, 2.75) is 26.8 Å². The van der Waals surface area contributed by atoms with E-state index in [0.717, 1.165) is 21.9 Å². The number of methoxy groups -OCH3 is 1. The van der Waals surface area contributed by atoms with Crippen molar-refractivity contribution in [2.75, 3.05) is 19.0 Å². The summed E-state index contributed by atoms with van der Waals surface area (Å²) in [6.07, 6.45) is 1.48. The highest BCUT2D eigenvalue weighted by molar-refractivity contribution is 7.18. The van der Waals surface area contributed by atoms with Gasteiger partial charge in [-0.1, -0.05) is 0 Å². The summed E-state index contributed by atoms with van der Waals surface area (Å²) in [6.45, 7) is 4.00. The van der Waals surface area contributed by atoms with Crippen LogP contribution in [-0.2, 0) is 16.1 Å². The number of thiophene rings is 1. The second-order valence-electron chi connectivity index (χ2n) is 6.63. The van der Waals surface area contributed by atoms with Gasteiger partial charge in [0.1, 0.15) is 10.6 Å². The van der Waals surface area contributed by atoms with Gasteiger partial charge in [0.15, 0.2) is 0 Å². The van der Waals surface area contributed by atoms with E-state index in [0.29, 0.717) is 10.2 Å². The molecule has 0 saturated heterocycles. The molecule has 30 heavy (non-hydrogen) atoms. The predicted octanol–water partition coefficient (Wildman–Crippen LogP) is 1.73. The van der Waals surface area contributed by atoms with Gasteiger partial charge in [-0.3, -0.25) is 29.8 Å². The number of fused-ring (bicyclic) bond motifs is 1. The van der Waals surface area contributed by atoms with Crippen molar-refractivity contribution in [1.29, 1.82) is 0 Å². The molecule has 9 nitrogen and oxygen atoms in total. The summed E-state index contributed by atoms with van der Waals surface area (Å²) >= 11 is 1.48. The first-order chi connectivity index (χ1) is 14.4. The average molecular weight is 430 g/mol. The largest absolute Gasteiger partial charge is 0.497 e. The number of nitrogens with one attached hydrogen (secondary N) is 3. The van der Waals surface area contributed by atoms with Crippen molar-refractivity contribution in [1.82, 2.24) is 20.4 Å². The highest BCUT2D eigenvalue weighted by Crippen LogP contribution is 2.25. The number of nitrogens with zero attached hydrogens (tertiary/aromatic N) is 2. The quantitative estimate of drug-likeness (QED) is 0.493. The lowest BCUT2D eigenvalue weighted by Gasteiger charge is -2.10. The maximum Gasteiger partial charge on any atom is 0.262 e. The van der Waals surface area contributed by atoms with Crippen LogP contribution < -0.4 is 26.5 Å². The number of carbonyl (C=O) groups is 2. The minimum absolute atomic E-state index is 0.0105. The van der Waals surface area contributed by atoms with Crippen LogP contribution in [0.15, 0.2) is 35.4 Å². The van der Waals surface area contributed by atoms with Gasteiger partial charge in [-0.2, -0.15) is 0 Å². The third-order valence-electron chi connectivity index (χ3n) is 4.62. The number of rotatable bonds is 7. The first-order valence-corrected chi connectivity index (χ1v) is 10.1. The Balaban J connectivity index is 1.46. The van der Waals surface area contributed by atoms with Crippen LogP contribution in [0.5, 0.6) is 5.75 Å². The third kappa shape index (κ3) is 4.95. The summed E-state index contributed by atoms with van der Waals surface area (Å²) in [5.41, 5.74) is 6.19. The normalized spacial score (nSPS) is 10.6. The molecule has 0 aliphatic rings. The lowest BCUT2D eigenvalue weighted by Crippen LogP contribution is -2.44. The smallest absolute Gasteiger partial charge is 0.262 e. The molecule has 158 valence electrons. The molecule has 2 aromatic heterocycles. The monoisotopic (exact) mass is 429 g/mol. The number of anilines is 1. The van der Waals surface area contributed by atoms with E-state index in [9.17, 15) is 14.4 Å². The van der Waals surface area contributed by atoms with Gasteiger partial charge in [0.25, 0.3) is 11.5 Å². The van der Waals surface area contributed by atoms with Gasteiger partial charge in [-0.05, 0) is 43.7 Å². The molecule has 0 spiro atoms.